The maximum atomic E-state index is 12.1. The Balaban J connectivity index is 2.47. The fraction of sp³-hybridized carbons (Fsp3) is 0.438. The molecule has 24 heavy (non-hydrogen) atoms. The molecule has 3 atom stereocenters. The molecule has 5 N–H and O–H groups in total. The highest BCUT2D eigenvalue weighted by atomic mass is 16.4. The molecule has 1 aromatic carbocycles. The van der Waals surface area contributed by atoms with Crippen LogP contribution in [0.2, 0.25) is 0 Å². The van der Waals surface area contributed by atoms with Gasteiger partial charge in [-0.1, -0.05) is 19.1 Å². The summed E-state index contributed by atoms with van der Waals surface area (Å²) in [4.78, 5) is 33.6. The number of rotatable bonds is 9. The predicted octanol–water partition coefficient (Wildman–Crippen LogP) is 0.567. The van der Waals surface area contributed by atoms with Crippen molar-refractivity contribution in [1.82, 2.24) is 10.6 Å². The summed E-state index contributed by atoms with van der Waals surface area (Å²) < 4.78 is 0. The standard InChI is InChI=1S/C16H23N3O5/c1-10(14(9-21)19-16(23)24)7-17-11(2)15(22)18-13-5-3-12(8-20)4-6-13/h3-6,9-11,14,17,19-20H,7-8H2,1-2H3,(H,18,22)(H,23,24)/t10-,11-,14?/m0/s1. The van der Waals surface area contributed by atoms with Crippen LogP contribution in [-0.2, 0) is 16.2 Å². The first-order valence-electron chi connectivity index (χ1n) is 7.56. The number of nitrogens with one attached hydrogen (secondary N) is 3. The summed E-state index contributed by atoms with van der Waals surface area (Å²) in [7, 11) is 0. The average Bonchev–Trinajstić information content (AvgIpc) is 2.57. The Bertz CT molecular complexity index is 561. The summed E-state index contributed by atoms with van der Waals surface area (Å²) in [6, 6.07) is 5.44. The molecule has 0 fully saturated rings. The van der Waals surface area contributed by atoms with Crippen molar-refractivity contribution in [2.45, 2.75) is 32.5 Å². The van der Waals surface area contributed by atoms with Crippen molar-refractivity contribution in [3.63, 3.8) is 0 Å². The SMILES string of the molecule is C[C@H](NC[C@H](C)C(C=O)NC(=O)O)C(=O)Nc1ccc(CO)cc1. The van der Waals surface area contributed by atoms with Crippen LogP contribution in [0.5, 0.6) is 0 Å². The number of carbonyl (C=O) groups excluding carboxylic acids is 2. The van der Waals surface area contributed by atoms with E-state index in [1.54, 1.807) is 38.1 Å². The number of anilines is 1. The normalized spacial score (nSPS) is 14.3. The molecule has 0 aliphatic carbocycles. The van der Waals surface area contributed by atoms with E-state index in [1.807, 2.05) is 0 Å². The quantitative estimate of drug-likeness (QED) is 0.419. The van der Waals surface area contributed by atoms with Crippen LogP contribution in [0.1, 0.15) is 19.4 Å². The number of carboxylic acid groups (broad SMARTS) is 1. The molecule has 2 amide bonds. The van der Waals surface area contributed by atoms with E-state index in [9.17, 15) is 14.4 Å². The number of hydrogen-bond donors (Lipinski definition) is 5. The first-order valence-corrected chi connectivity index (χ1v) is 7.56. The Morgan fingerprint density at radius 1 is 1.21 bits per heavy atom. The fourth-order valence-corrected chi connectivity index (χ4v) is 1.98. The molecule has 1 unspecified atom stereocenters. The van der Waals surface area contributed by atoms with Crippen molar-refractivity contribution >= 4 is 24.0 Å². The molecule has 0 bridgehead atoms. The molecular weight excluding hydrogens is 314 g/mol. The third-order valence-corrected chi connectivity index (χ3v) is 3.59. The minimum absolute atomic E-state index is 0.0631. The smallest absolute Gasteiger partial charge is 0.405 e. The Morgan fingerprint density at radius 3 is 2.33 bits per heavy atom. The lowest BCUT2D eigenvalue weighted by Crippen LogP contribution is -2.46. The van der Waals surface area contributed by atoms with Crippen LogP contribution in [0.15, 0.2) is 24.3 Å². The van der Waals surface area contributed by atoms with Gasteiger partial charge in [0.2, 0.25) is 5.91 Å². The Labute approximate surface area is 140 Å². The van der Waals surface area contributed by atoms with Crippen LogP contribution in [0.4, 0.5) is 10.5 Å². The largest absolute Gasteiger partial charge is 0.465 e. The second-order valence-electron chi connectivity index (χ2n) is 5.56. The van der Waals surface area contributed by atoms with Crippen molar-refractivity contribution in [2.24, 2.45) is 5.92 Å². The highest BCUT2D eigenvalue weighted by Crippen LogP contribution is 2.10. The lowest BCUT2D eigenvalue weighted by Gasteiger charge is -2.21. The molecule has 0 saturated heterocycles. The molecule has 1 rings (SSSR count). The minimum Gasteiger partial charge on any atom is -0.465 e. The van der Waals surface area contributed by atoms with E-state index in [2.05, 4.69) is 16.0 Å². The van der Waals surface area contributed by atoms with Crippen LogP contribution in [0.25, 0.3) is 0 Å². The van der Waals surface area contributed by atoms with Crippen LogP contribution in [-0.4, -0.2) is 47.1 Å². The second kappa shape index (κ2) is 9.64. The lowest BCUT2D eigenvalue weighted by molar-refractivity contribution is -0.117. The highest BCUT2D eigenvalue weighted by molar-refractivity contribution is 5.94. The molecule has 8 nitrogen and oxygen atoms in total. The van der Waals surface area contributed by atoms with E-state index >= 15 is 0 Å². The predicted molar refractivity (Wildman–Crippen MR) is 88.6 cm³/mol. The molecule has 8 heteroatoms. The van der Waals surface area contributed by atoms with Gasteiger partial charge in [0.05, 0.1) is 18.7 Å². The zero-order chi connectivity index (χ0) is 18.1. The number of hydrogen-bond acceptors (Lipinski definition) is 5. The van der Waals surface area contributed by atoms with E-state index in [0.29, 0.717) is 18.5 Å². The fourth-order valence-electron chi connectivity index (χ4n) is 1.98. The van der Waals surface area contributed by atoms with Crippen LogP contribution in [0, 0.1) is 5.92 Å². The highest BCUT2D eigenvalue weighted by Gasteiger charge is 2.20. The van der Waals surface area contributed by atoms with Gasteiger partial charge in [-0.15, -0.1) is 0 Å². The van der Waals surface area contributed by atoms with Gasteiger partial charge in [-0.25, -0.2) is 4.79 Å². The molecule has 1 aromatic rings. The molecular formula is C16H23N3O5. The van der Waals surface area contributed by atoms with Crippen LogP contribution in [0.3, 0.4) is 0 Å². The zero-order valence-electron chi connectivity index (χ0n) is 13.7. The number of amides is 2. The van der Waals surface area contributed by atoms with Crippen molar-refractivity contribution in [1.29, 1.82) is 0 Å². The molecule has 0 aromatic heterocycles. The number of aldehydes is 1. The monoisotopic (exact) mass is 337 g/mol. The van der Waals surface area contributed by atoms with Gasteiger partial charge in [-0.3, -0.25) is 4.79 Å². The minimum atomic E-state index is -1.27. The molecule has 0 spiro atoms. The van der Waals surface area contributed by atoms with Crippen LogP contribution < -0.4 is 16.0 Å². The number of carbonyl (C=O) groups is 3. The van der Waals surface area contributed by atoms with Crippen molar-refractivity contribution in [3.05, 3.63) is 29.8 Å². The molecule has 0 saturated carbocycles. The summed E-state index contributed by atoms with van der Waals surface area (Å²) in [5.41, 5.74) is 1.36. The van der Waals surface area contributed by atoms with E-state index < -0.39 is 18.2 Å². The van der Waals surface area contributed by atoms with Crippen molar-refractivity contribution < 1.29 is 24.6 Å². The van der Waals surface area contributed by atoms with Gasteiger partial charge in [0.1, 0.15) is 6.29 Å². The molecule has 0 aliphatic rings. The Hall–Kier alpha value is -2.45. The number of aliphatic hydroxyl groups excluding tert-OH is 1. The van der Waals surface area contributed by atoms with E-state index in [0.717, 1.165) is 5.56 Å². The van der Waals surface area contributed by atoms with Gasteiger partial charge >= 0.3 is 6.09 Å². The summed E-state index contributed by atoms with van der Waals surface area (Å²) in [6.07, 6.45) is -0.732. The second-order valence-corrected chi connectivity index (χ2v) is 5.56. The van der Waals surface area contributed by atoms with Gasteiger partial charge in [0.15, 0.2) is 0 Å². The first-order chi connectivity index (χ1) is 11.4. The first kappa shape index (κ1) is 19.6. The Kier molecular flexibility index (Phi) is 7.87. The van der Waals surface area contributed by atoms with E-state index in [1.165, 1.54) is 0 Å². The maximum absolute atomic E-state index is 12.1. The summed E-state index contributed by atoms with van der Waals surface area (Å²) >= 11 is 0. The summed E-state index contributed by atoms with van der Waals surface area (Å²) in [6.45, 7) is 3.61. The molecule has 0 radical (unpaired) electrons. The van der Waals surface area contributed by atoms with Gasteiger partial charge in [0, 0.05) is 12.2 Å². The van der Waals surface area contributed by atoms with E-state index in [-0.39, 0.29) is 18.4 Å². The number of benzene rings is 1. The zero-order valence-corrected chi connectivity index (χ0v) is 13.7. The molecule has 0 heterocycles. The van der Waals surface area contributed by atoms with Gasteiger partial charge in [-0.05, 0) is 30.5 Å². The van der Waals surface area contributed by atoms with Gasteiger partial charge in [-0.2, -0.15) is 0 Å². The molecule has 0 aliphatic heterocycles. The summed E-state index contributed by atoms with van der Waals surface area (Å²) in [5, 5.41) is 25.5. The average molecular weight is 337 g/mol. The Morgan fingerprint density at radius 2 is 1.83 bits per heavy atom. The van der Waals surface area contributed by atoms with Gasteiger partial charge < -0.3 is 31.0 Å². The molecule has 132 valence electrons. The number of aliphatic hydroxyl groups is 1. The van der Waals surface area contributed by atoms with Crippen molar-refractivity contribution in [3.8, 4) is 0 Å². The summed E-state index contributed by atoms with van der Waals surface area (Å²) in [5.74, 6) is -0.564. The third kappa shape index (κ3) is 6.35. The third-order valence-electron chi connectivity index (χ3n) is 3.59. The van der Waals surface area contributed by atoms with E-state index in [4.69, 9.17) is 10.2 Å². The lowest BCUT2D eigenvalue weighted by atomic mass is 10.0. The van der Waals surface area contributed by atoms with Gasteiger partial charge in [0.25, 0.3) is 0 Å². The maximum Gasteiger partial charge on any atom is 0.405 e. The van der Waals surface area contributed by atoms with Crippen molar-refractivity contribution in [2.75, 3.05) is 11.9 Å². The topological polar surface area (TPSA) is 128 Å². The van der Waals surface area contributed by atoms with Crippen LogP contribution >= 0.6 is 0 Å².